The van der Waals surface area contributed by atoms with Gasteiger partial charge in [0.15, 0.2) is 0 Å². The van der Waals surface area contributed by atoms with Crippen LogP contribution in [0.15, 0.2) is 0 Å². The number of urea groups is 1. The van der Waals surface area contributed by atoms with Crippen LogP contribution >= 0.6 is 0 Å². The van der Waals surface area contributed by atoms with Crippen molar-refractivity contribution in [1.82, 2.24) is 10.6 Å². The fraction of sp³-hybridized carbons (Fsp3) is 0.846. The summed E-state index contributed by atoms with van der Waals surface area (Å²) in [5.41, 5.74) is -0.459. The predicted octanol–water partition coefficient (Wildman–Crippen LogP) is 0.344. The van der Waals surface area contributed by atoms with E-state index >= 15 is 0 Å². The highest BCUT2D eigenvalue weighted by molar-refractivity contribution is 5.76. The molecule has 3 N–H and O–H groups in total. The van der Waals surface area contributed by atoms with Crippen LogP contribution in [0.2, 0.25) is 0 Å². The molecular formula is C13H22N2O5. The van der Waals surface area contributed by atoms with Crippen molar-refractivity contribution >= 4 is 12.0 Å². The summed E-state index contributed by atoms with van der Waals surface area (Å²) in [5.74, 6) is -0.595. The number of nitrogens with one attached hydrogen (secondary N) is 2. The monoisotopic (exact) mass is 286 g/mol. The Morgan fingerprint density at radius 1 is 1.50 bits per heavy atom. The van der Waals surface area contributed by atoms with E-state index in [9.17, 15) is 9.59 Å². The number of hydrogen-bond donors (Lipinski definition) is 3. The van der Waals surface area contributed by atoms with E-state index in [-0.39, 0.29) is 18.5 Å². The molecule has 2 unspecified atom stereocenters. The first-order valence-electron chi connectivity index (χ1n) is 6.94. The first kappa shape index (κ1) is 15.1. The van der Waals surface area contributed by atoms with E-state index in [1.807, 2.05) is 0 Å². The molecule has 20 heavy (non-hydrogen) atoms. The molecule has 114 valence electrons. The minimum absolute atomic E-state index is 0.0311. The van der Waals surface area contributed by atoms with Gasteiger partial charge >= 0.3 is 12.0 Å². The fourth-order valence-electron chi connectivity index (χ4n) is 2.44. The average molecular weight is 286 g/mol. The molecule has 7 nitrogen and oxygen atoms in total. The van der Waals surface area contributed by atoms with Gasteiger partial charge in [-0.2, -0.15) is 0 Å². The summed E-state index contributed by atoms with van der Waals surface area (Å²) in [6.07, 6.45) is 2.67. The Morgan fingerprint density at radius 3 is 2.75 bits per heavy atom. The van der Waals surface area contributed by atoms with Gasteiger partial charge in [-0.15, -0.1) is 0 Å². The number of aliphatic carboxylic acids is 1. The number of hydrogen-bond acceptors (Lipinski definition) is 4. The van der Waals surface area contributed by atoms with Crippen LogP contribution in [0.25, 0.3) is 0 Å². The van der Waals surface area contributed by atoms with E-state index < -0.39 is 11.6 Å². The van der Waals surface area contributed by atoms with Crippen LogP contribution in [0.1, 0.15) is 25.7 Å². The molecule has 0 bridgehead atoms. The summed E-state index contributed by atoms with van der Waals surface area (Å²) >= 11 is 0. The number of methoxy groups -OCH3 is 1. The zero-order chi connectivity index (χ0) is 14.6. The molecule has 2 rings (SSSR count). The van der Waals surface area contributed by atoms with Crippen molar-refractivity contribution in [3.05, 3.63) is 0 Å². The lowest BCUT2D eigenvalue weighted by Crippen LogP contribution is -2.50. The molecule has 0 spiro atoms. The van der Waals surface area contributed by atoms with Gasteiger partial charge in [0.1, 0.15) is 5.60 Å². The smallest absolute Gasteiger partial charge is 0.315 e. The van der Waals surface area contributed by atoms with Crippen molar-refractivity contribution in [3.8, 4) is 0 Å². The second-order valence-electron chi connectivity index (χ2n) is 5.56. The van der Waals surface area contributed by atoms with E-state index in [1.165, 1.54) is 0 Å². The average Bonchev–Trinajstić information content (AvgIpc) is 3.15. The molecule has 1 saturated heterocycles. The second kappa shape index (κ2) is 6.41. The highest BCUT2D eigenvalue weighted by Gasteiger charge is 2.37. The summed E-state index contributed by atoms with van der Waals surface area (Å²) < 4.78 is 10.7. The lowest BCUT2D eigenvalue weighted by Gasteiger charge is -2.26. The van der Waals surface area contributed by atoms with Crippen LogP contribution in [-0.4, -0.2) is 55.6 Å². The van der Waals surface area contributed by atoms with Gasteiger partial charge < -0.3 is 25.2 Å². The third-order valence-electron chi connectivity index (χ3n) is 3.97. The zero-order valence-corrected chi connectivity index (χ0v) is 11.7. The summed E-state index contributed by atoms with van der Waals surface area (Å²) in [7, 11) is 1.60. The largest absolute Gasteiger partial charge is 0.481 e. The standard InChI is InChI=1S/C13H22N2O5/c1-19-13(4-5-20-8-13)7-14-12(18)15-10(6-11(16)17)9-2-3-9/h9-10H,2-8H2,1H3,(H,16,17)(H2,14,15,18). The third-order valence-corrected chi connectivity index (χ3v) is 3.97. The van der Waals surface area contributed by atoms with Crippen LogP contribution in [0.5, 0.6) is 0 Å². The number of ether oxygens (including phenoxy) is 2. The van der Waals surface area contributed by atoms with Crippen LogP contribution in [-0.2, 0) is 14.3 Å². The molecule has 0 radical (unpaired) electrons. The van der Waals surface area contributed by atoms with Crippen molar-refractivity contribution in [2.75, 3.05) is 26.9 Å². The predicted molar refractivity (Wildman–Crippen MR) is 70.5 cm³/mol. The molecule has 1 aliphatic heterocycles. The Bertz CT molecular complexity index is 364. The van der Waals surface area contributed by atoms with E-state index in [1.54, 1.807) is 7.11 Å². The van der Waals surface area contributed by atoms with Gasteiger partial charge in [0.2, 0.25) is 0 Å². The molecule has 2 fully saturated rings. The van der Waals surface area contributed by atoms with Gasteiger partial charge in [0.05, 0.1) is 19.6 Å². The molecule has 2 aliphatic rings. The molecule has 1 saturated carbocycles. The Labute approximate surface area is 118 Å². The molecule has 0 aromatic carbocycles. The molecule has 1 aliphatic carbocycles. The number of carboxylic acid groups (broad SMARTS) is 1. The van der Waals surface area contributed by atoms with E-state index in [0.29, 0.717) is 25.7 Å². The SMILES string of the molecule is COC1(CNC(=O)NC(CC(=O)O)C2CC2)CCOC1. The quantitative estimate of drug-likeness (QED) is 0.627. The maximum atomic E-state index is 11.9. The summed E-state index contributed by atoms with van der Waals surface area (Å²) in [6.45, 7) is 1.45. The lowest BCUT2D eigenvalue weighted by molar-refractivity contribution is -0.137. The Hall–Kier alpha value is -1.34. The third kappa shape index (κ3) is 4.08. The molecule has 1 heterocycles. The number of rotatable bonds is 7. The fourth-order valence-corrected chi connectivity index (χ4v) is 2.44. The Balaban J connectivity index is 1.77. The van der Waals surface area contributed by atoms with E-state index in [4.69, 9.17) is 14.6 Å². The summed E-state index contributed by atoms with van der Waals surface area (Å²) in [5, 5.41) is 14.3. The van der Waals surface area contributed by atoms with Crippen LogP contribution < -0.4 is 10.6 Å². The topological polar surface area (TPSA) is 96.9 Å². The number of carbonyl (C=O) groups excluding carboxylic acids is 1. The molecular weight excluding hydrogens is 264 g/mol. The highest BCUT2D eigenvalue weighted by Crippen LogP contribution is 2.34. The molecule has 0 aromatic heterocycles. The first-order chi connectivity index (χ1) is 9.54. The summed E-state index contributed by atoms with van der Waals surface area (Å²) in [6, 6.07) is -0.628. The molecule has 0 aromatic rings. The number of carbonyl (C=O) groups is 2. The second-order valence-corrected chi connectivity index (χ2v) is 5.56. The van der Waals surface area contributed by atoms with Crippen LogP contribution in [0, 0.1) is 5.92 Å². The molecule has 2 amide bonds. The normalized spacial score (nSPS) is 27.1. The lowest BCUT2D eigenvalue weighted by atomic mass is 10.0. The van der Waals surface area contributed by atoms with Crippen LogP contribution in [0.3, 0.4) is 0 Å². The number of amides is 2. The van der Waals surface area contributed by atoms with Crippen molar-refractivity contribution in [3.63, 3.8) is 0 Å². The number of carboxylic acids is 1. The zero-order valence-electron chi connectivity index (χ0n) is 11.7. The maximum Gasteiger partial charge on any atom is 0.315 e. The minimum Gasteiger partial charge on any atom is -0.481 e. The van der Waals surface area contributed by atoms with E-state index in [0.717, 1.165) is 19.3 Å². The van der Waals surface area contributed by atoms with Gasteiger partial charge in [-0.05, 0) is 18.8 Å². The first-order valence-corrected chi connectivity index (χ1v) is 6.94. The van der Waals surface area contributed by atoms with Gasteiger partial charge in [-0.1, -0.05) is 0 Å². The van der Waals surface area contributed by atoms with E-state index in [2.05, 4.69) is 10.6 Å². The summed E-state index contributed by atoms with van der Waals surface area (Å²) in [4.78, 5) is 22.7. The molecule has 7 heteroatoms. The van der Waals surface area contributed by atoms with Gasteiger partial charge in [-0.3, -0.25) is 4.79 Å². The Morgan fingerprint density at radius 2 is 2.25 bits per heavy atom. The van der Waals surface area contributed by atoms with Crippen molar-refractivity contribution in [1.29, 1.82) is 0 Å². The van der Waals surface area contributed by atoms with Crippen LogP contribution in [0.4, 0.5) is 4.79 Å². The van der Waals surface area contributed by atoms with Gasteiger partial charge in [-0.25, -0.2) is 4.79 Å². The van der Waals surface area contributed by atoms with Crippen molar-refractivity contribution < 1.29 is 24.2 Å². The van der Waals surface area contributed by atoms with Gasteiger partial charge in [0, 0.05) is 26.2 Å². The Kier molecular flexibility index (Phi) is 4.82. The molecule has 2 atom stereocenters. The minimum atomic E-state index is -0.889. The van der Waals surface area contributed by atoms with Crippen molar-refractivity contribution in [2.24, 2.45) is 5.92 Å². The highest BCUT2D eigenvalue weighted by atomic mass is 16.5. The maximum absolute atomic E-state index is 11.9. The van der Waals surface area contributed by atoms with Crippen molar-refractivity contribution in [2.45, 2.75) is 37.3 Å². The van der Waals surface area contributed by atoms with Gasteiger partial charge in [0.25, 0.3) is 0 Å².